The van der Waals surface area contributed by atoms with Gasteiger partial charge in [-0.05, 0) is 74.2 Å². The van der Waals surface area contributed by atoms with Gasteiger partial charge in [-0.2, -0.15) is 0 Å². The molecule has 0 aromatic heterocycles. The van der Waals surface area contributed by atoms with Crippen molar-refractivity contribution in [3.63, 3.8) is 0 Å². The van der Waals surface area contributed by atoms with E-state index in [4.69, 9.17) is 0 Å². The van der Waals surface area contributed by atoms with Gasteiger partial charge >= 0.3 is 0 Å². The van der Waals surface area contributed by atoms with Crippen molar-refractivity contribution in [1.29, 1.82) is 0 Å². The lowest BCUT2D eigenvalue weighted by atomic mass is 9.92. The largest absolute Gasteiger partial charge is 0.0616 e. The van der Waals surface area contributed by atoms with Crippen molar-refractivity contribution in [3.8, 4) is 0 Å². The highest BCUT2D eigenvalue weighted by atomic mass is 127. The summed E-state index contributed by atoms with van der Waals surface area (Å²) in [5, 5.41) is 0. The summed E-state index contributed by atoms with van der Waals surface area (Å²) in [5.74, 6) is 0. The molecule has 23 heavy (non-hydrogen) atoms. The first-order valence-electron chi connectivity index (χ1n) is 7.65. The minimum Gasteiger partial charge on any atom is -0.0616 e. The van der Waals surface area contributed by atoms with E-state index in [1.54, 1.807) is 0 Å². The Balaban J connectivity index is 1.97. The van der Waals surface area contributed by atoms with E-state index in [0.717, 1.165) is 0 Å². The van der Waals surface area contributed by atoms with E-state index < -0.39 is 0 Å². The molecule has 1 aliphatic rings. The molecule has 0 saturated carbocycles. The number of hydrogen-bond acceptors (Lipinski definition) is 0. The first-order chi connectivity index (χ1) is 11.3. The predicted molar refractivity (Wildman–Crippen MR) is 108 cm³/mol. The second kappa shape index (κ2) is 6.17. The van der Waals surface area contributed by atoms with Gasteiger partial charge in [-0.25, -0.2) is 0 Å². The molecule has 110 valence electrons. The van der Waals surface area contributed by atoms with Crippen LogP contribution in [0.3, 0.4) is 0 Å². The topological polar surface area (TPSA) is 0 Å². The smallest absolute Gasteiger partial charge is 0.0130 e. The molecule has 0 aliphatic heterocycles. The second-order valence-electron chi connectivity index (χ2n) is 5.62. The average molecular weight is 406 g/mol. The van der Waals surface area contributed by atoms with Gasteiger partial charge < -0.3 is 0 Å². The fraction of sp³-hybridized carbons (Fsp3) is 0. The third kappa shape index (κ3) is 2.89. The Bertz CT molecular complexity index is 863. The van der Waals surface area contributed by atoms with Gasteiger partial charge in [0, 0.05) is 3.57 Å². The Labute approximate surface area is 150 Å². The summed E-state index contributed by atoms with van der Waals surface area (Å²) in [4.78, 5) is 0. The van der Waals surface area contributed by atoms with Crippen molar-refractivity contribution in [2.24, 2.45) is 0 Å². The lowest BCUT2D eigenvalue weighted by Gasteiger charge is -2.12. The lowest BCUT2D eigenvalue weighted by molar-refractivity contribution is 1.53. The van der Waals surface area contributed by atoms with Crippen LogP contribution in [-0.2, 0) is 0 Å². The lowest BCUT2D eigenvalue weighted by Crippen LogP contribution is -1.92. The Morgan fingerprint density at radius 2 is 1.13 bits per heavy atom. The Hall–Kier alpha value is -2.13. The zero-order valence-electron chi connectivity index (χ0n) is 12.5. The van der Waals surface area contributed by atoms with Gasteiger partial charge in [-0.15, -0.1) is 0 Å². The normalized spacial score (nSPS) is 12.3. The van der Waals surface area contributed by atoms with E-state index in [1.165, 1.54) is 37.0 Å². The van der Waals surface area contributed by atoms with E-state index in [1.807, 2.05) is 0 Å². The van der Waals surface area contributed by atoms with Gasteiger partial charge in [0.25, 0.3) is 0 Å². The highest BCUT2D eigenvalue weighted by Gasteiger charge is 2.14. The third-order valence-electron chi connectivity index (χ3n) is 4.13. The van der Waals surface area contributed by atoms with Crippen molar-refractivity contribution >= 4 is 46.4 Å². The van der Waals surface area contributed by atoms with Crippen molar-refractivity contribution < 1.29 is 0 Å². The van der Waals surface area contributed by atoms with Crippen LogP contribution in [0.25, 0.3) is 23.8 Å². The standard InChI is InChI=1S/C22H15I/c23-19-13-9-16(10-14-19)15-22-20-7-3-1-5-17(20)11-12-18-6-2-4-8-21(18)22/h1-15H. The summed E-state index contributed by atoms with van der Waals surface area (Å²) >= 11 is 2.34. The van der Waals surface area contributed by atoms with Crippen LogP contribution in [0.15, 0.2) is 72.8 Å². The van der Waals surface area contributed by atoms with E-state index >= 15 is 0 Å². The molecule has 3 aromatic rings. The molecule has 0 heterocycles. The molecule has 0 unspecified atom stereocenters. The molecule has 0 fully saturated rings. The number of benzene rings is 3. The summed E-state index contributed by atoms with van der Waals surface area (Å²) in [7, 11) is 0. The van der Waals surface area contributed by atoms with Crippen LogP contribution in [0.1, 0.15) is 27.8 Å². The Morgan fingerprint density at radius 3 is 1.70 bits per heavy atom. The summed E-state index contributed by atoms with van der Waals surface area (Å²) in [5.41, 5.74) is 7.61. The maximum absolute atomic E-state index is 2.34. The van der Waals surface area contributed by atoms with Crippen LogP contribution < -0.4 is 0 Å². The van der Waals surface area contributed by atoms with Gasteiger partial charge in [-0.3, -0.25) is 0 Å². The summed E-state index contributed by atoms with van der Waals surface area (Å²) in [6.07, 6.45) is 6.71. The number of hydrogen-bond donors (Lipinski definition) is 0. The maximum atomic E-state index is 2.34. The fourth-order valence-corrected chi connectivity index (χ4v) is 3.34. The monoisotopic (exact) mass is 406 g/mol. The van der Waals surface area contributed by atoms with Crippen LogP contribution in [0.5, 0.6) is 0 Å². The highest BCUT2D eigenvalue weighted by Crippen LogP contribution is 2.35. The van der Waals surface area contributed by atoms with Crippen molar-refractivity contribution in [2.75, 3.05) is 0 Å². The minimum atomic E-state index is 1.23. The molecule has 0 saturated heterocycles. The van der Waals surface area contributed by atoms with Gasteiger partial charge in [0.15, 0.2) is 0 Å². The highest BCUT2D eigenvalue weighted by molar-refractivity contribution is 14.1. The predicted octanol–water partition coefficient (Wildman–Crippen LogP) is 6.36. The first-order valence-corrected chi connectivity index (χ1v) is 8.73. The van der Waals surface area contributed by atoms with Crippen LogP contribution in [-0.4, -0.2) is 0 Å². The Kier molecular flexibility index (Phi) is 3.88. The van der Waals surface area contributed by atoms with Crippen LogP contribution in [0, 0.1) is 3.57 Å². The maximum Gasteiger partial charge on any atom is 0.0130 e. The molecular formula is C22H15I. The van der Waals surface area contributed by atoms with Gasteiger partial charge in [-0.1, -0.05) is 72.8 Å². The quantitative estimate of drug-likeness (QED) is 0.323. The van der Waals surface area contributed by atoms with Crippen LogP contribution in [0.2, 0.25) is 0 Å². The minimum absolute atomic E-state index is 1.23. The van der Waals surface area contributed by atoms with Crippen LogP contribution >= 0.6 is 22.6 Å². The first kappa shape index (κ1) is 14.5. The van der Waals surface area contributed by atoms with E-state index in [2.05, 4.69) is 114 Å². The third-order valence-corrected chi connectivity index (χ3v) is 4.84. The molecule has 0 amide bonds. The van der Waals surface area contributed by atoms with Gasteiger partial charge in [0.05, 0.1) is 0 Å². The molecule has 3 aromatic carbocycles. The molecule has 1 aliphatic carbocycles. The SMILES string of the molecule is Ic1ccc(C=C2c3ccccc3C=Cc3ccccc32)cc1. The molecule has 0 spiro atoms. The number of halogens is 1. The van der Waals surface area contributed by atoms with Crippen molar-refractivity contribution in [2.45, 2.75) is 0 Å². The summed E-state index contributed by atoms with van der Waals surface area (Å²) in [6, 6.07) is 25.9. The van der Waals surface area contributed by atoms with E-state index in [0.29, 0.717) is 0 Å². The van der Waals surface area contributed by atoms with Crippen molar-refractivity contribution in [1.82, 2.24) is 0 Å². The molecule has 0 N–H and O–H groups in total. The van der Waals surface area contributed by atoms with Crippen molar-refractivity contribution in [3.05, 3.63) is 104 Å². The molecule has 0 nitrogen and oxygen atoms in total. The molecule has 0 atom stereocenters. The number of rotatable bonds is 1. The zero-order valence-corrected chi connectivity index (χ0v) is 14.7. The fourth-order valence-electron chi connectivity index (χ4n) is 2.98. The zero-order chi connectivity index (χ0) is 15.6. The summed E-state index contributed by atoms with van der Waals surface area (Å²) in [6.45, 7) is 0. The summed E-state index contributed by atoms with van der Waals surface area (Å²) < 4.78 is 1.26. The van der Waals surface area contributed by atoms with Crippen LogP contribution in [0.4, 0.5) is 0 Å². The number of fused-ring (bicyclic) bond motifs is 2. The molecule has 4 rings (SSSR count). The molecular weight excluding hydrogens is 391 g/mol. The Morgan fingerprint density at radius 1 is 0.609 bits per heavy atom. The molecule has 0 bridgehead atoms. The molecule has 0 radical (unpaired) electrons. The van der Waals surface area contributed by atoms with E-state index in [-0.39, 0.29) is 0 Å². The average Bonchev–Trinajstić information content (AvgIpc) is 2.75. The van der Waals surface area contributed by atoms with Gasteiger partial charge in [0.2, 0.25) is 0 Å². The van der Waals surface area contributed by atoms with E-state index in [9.17, 15) is 0 Å². The second-order valence-corrected chi connectivity index (χ2v) is 6.86. The molecule has 1 heteroatoms. The van der Waals surface area contributed by atoms with Gasteiger partial charge in [0.1, 0.15) is 0 Å².